The number of pyridine rings is 1. The number of anilines is 2. The lowest BCUT2D eigenvalue weighted by molar-refractivity contribution is 0.194. The van der Waals surface area contributed by atoms with Crippen LogP contribution >= 0.6 is 0 Å². The van der Waals surface area contributed by atoms with Crippen LogP contribution in [0.15, 0.2) is 48.7 Å². The molecule has 0 radical (unpaired) electrons. The molecule has 0 bridgehead atoms. The van der Waals surface area contributed by atoms with E-state index in [1.54, 1.807) is 6.20 Å². The average molecular weight is 443 g/mol. The first-order chi connectivity index (χ1) is 16.2. The number of nitrogens with zero attached hydrogens (tertiary/aromatic N) is 5. The molecule has 0 aliphatic carbocycles. The summed E-state index contributed by atoms with van der Waals surface area (Å²) < 4.78 is 0. The van der Waals surface area contributed by atoms with E-state index in [9.17, 15) is 5.26 Å². The first kappa shape index (κ1) is 21.7. The molecule has 172 valence electrons. The fourth-order valence-electron chi connectivity index (χ4n) is 5.34. The molecule has 0 unspecified atom stereocenters. The maximum atomic E-state index is 9.45. The first-order valence-corrected chi connectivity index (χ1v) is 11.9. The molecule has 1 aromatic heterocycles. The Kier molecular flexibility index (Phi) is 6.17. The van der Waals surface area contributed by atoms with Crippen molar-refractivity contribution in [3.05, 3.63) is 65.4 Å². The molecule has 3 aromatic rings. The smallest absolute Gasteiger partial charge is 0.101 e. The molecule has 1 atom stereocenters. The lowest BCUT2D eigenvalue weighted by Gasteiger charge is -2.42. The van der Waals surface area contributed by atoms with Crippen molar-refractivity contribution in [2.24, 2.45) is 0 Å². The van der Waals surface area contributed by atoms with Gasteiger partial charge < -0.3 is 15.1 Å². The van der Waals surface area contributed by atoms with Crippen LogP contribution in [0.5, 0.6) is 0 Å². The van der Waals surface area contributed by atoms with E-state index in [1.807, 2.05) is 12.1 Å². The van der Waals surface area contributed by atoms with Gasteiger partial charge in [-0.25, -0.2) is 0 Å². The van der Waals surface area contributed by atoms with Gasteiger partial charge in [-0.1, -0.05) is 12.1 Å². The molecule has 6 nitrogen and oxygen atoms in total. The van der Waals surface area contributed by atoms with E-state index in [4.69, 9.17) is 0 Å². The molecule has 2 aromatic carbocycles. The summed E-state index contributed by atoms with van der Waals surface area (Å²) in [6, 6.07) is 17.5. The van der Waals surface area contributed by atoms with Gasteiger partial charge in [0.05, 0.1) is 11.1 Å². The number of nitriles is 1. The molecule has 0 saturated carbocycles. The molecular weight excluding hydrogens is 408 g/mol. The summed E-state index contributed by atoms with van der Waals surface area (Å²) >= 11 is 0. The van der Waals surface area contributed by atoms with Crippen molar-refractivity contribution in [2.45, 2.75) is 25.9 Å². The molecule has 2 aliphatic heterocycles. The number of piperazine rings is 1. The van der Waals surface area contributed by atoms with E-state index in [-0.39, 0.29) is 1.43 Å². The van der Waals surface area contributed by atoms with Crippen LogP contribution in [-0.4, -0.2) is 62.2 Å². The molecule has 33 heavy (non-hydrogen) atoms. The van der Waals surface area contributed by atoms with Gasteiger partial charge in [-0.3, -0.25) is 9.88 Å². The average Bonchev–Trinajstić information content (AvgIpc) is 2.86. The number of hydrogen-bond donors (Lipinski definition) is 1. The highest BCUT2D eigenvalue weighted by molar-refractivity contribution is 5.95. The van der Waals surface area contributed by atoms with Crippen molar-refractivity contribution >= 4 is 22.3 Å². The third-order valence-electron chi connectivity index (χ3n) is 7.22. The Hall–Kier alpha value is -3.14. The van der Waals surface area contributed by atoms with Crippen LogP contribution in [0.3, 0.4) is 0 Å². The molecule has 6 heteroatoms. The Morgan fingerprint density at radius 1 is 1.21 bits per heavy atom. The van der Waals surface area contributed by atoms with Gasteiger partial charge in [-0.15, -0.1) is 0 Å². The zero-order valence-electron chi connectivity index (χ0n) is 19.6. The minimum absolute atomic E-state index is 0. The normalized spacial score (nSPS) is 18.7. The van der Waals surface area contributed by atoms with Crippen LogP contribution < -0.4 is 15.1 Å². The SMILES string of the molecule is C[C@@H]1CN(c2ccc(C#N)c3ncccc23)CCN1CCN(C)c1cccc2c1CCNC2.[HH]. The number of likely N-dealkylation sites (N-methyl/N-ethyl adjacent to an activating group) is 1. The van der Waals surface area contributed by atoms with Gasteiger partial charge in [-0.05, 0) is 61.3 Å². The van der Waals surface area contributed by atoms with Crippen LogP contribution in [0.2, 0.25) is 0 Å². The number of nitrogens with one attached hydrogen (secondary N) is 1. The predicted molar refractivity (Wildman–Crippen MR) is 137 cm³/mol. The van der Waals surface area contributed by atoms with Gasteiger partial charge in [0.25, 0.3) is 0 Å². The van der Waals surface area contributed by atoms with Crippen molar-refractivity contribution in [1.82, 2.24) is 15.2 Å². The third kappa shape index (κ3) is 4.27. The second-order valence-corrected chi connectivity index (χ2v) is 9.24. The molecule has 1 saturated heterocycles. The summed E-state index contributed by atoms with van der Waals surface area (Å²) in [5, 5.41) is 14.0. The molecule has 0 spiro atoms. The Morgan fingerprint density at radius 2 is 2.12 bits per heavy atom. The second-order valence-electron chi connectivity index (χ2n) is 9.24. The van der Waals surface area contributed by atoms with Crippen LogP contribution in [0.4, 0.5) is 11.4 Å². The Balaban J connectivity index is 0.00000274. The highest BCUT2D eigenvalue weighted by Crippen LogP contribution is 2.30. The summed E-state index contributed by atoms with van der Waals surface area (Å²) in [6.07, 6.45) is 2.88. The largest absolute Gasteiger partial charge is 0.373 e. The summed E-state index contributed by atoms with van der Waals surface area (Å²) in [5.41, 5.74) is 6.97. The lowest BCUT2D eigenvalue weighted by atomic mass is 9.98. The van der Waals surface area contributed by atoms with Crippen LogP contribution in [0.1, 0.15) is 25.0 Å². The molecular formula is C27H34N6. The fourth-order valence-corrected chi connectivity index (χ4v) is 5.34. The van der Waals surface area contributed by atoms with Crippen molar-refractivity contribution in [1.29, 1.82) is 5.26 Å². The zero-order chi connectivity index (χ0) is 22.8. The van der Waals surface area contributed by atoms with E-state index >= 15 is 0 Å². The summed E-state index contributed by atoms with van der Waals surface area (Å²) in [4.78, 5) is 12.0. The minimum Gasteiger partial charge on any atom is -0.373 e. The van der Waals surface area contributed by atoms with E-state index in [0.29, 0.717) is 11.6 Å². The maximum absolute atomic E-state index is 9.45. The highest BCUT2D eigenvalue weighted by Gasteiger charge is 2.25. The number of aromatic nitrogens is 1. The van der Waals surface area contributed by atoms with E-state index in [1.165, 1.54) is 22.5 Å². The molecule has 1 N–H and O–H groups in total. The second kappa shape index (κ2) is 9.38. The van der Waals surface area contributed by atoms with Gasteiger partial charge in [0.2, 0.25) is 0 Å². The molecule has 0 amide bonds. The summed E-state index contributed by atoms with van der Waals surface area (Å²) in [7, 11) is 2.23. The van der Waals surface area contributed by atoms with Crippen molar-refractivity contribution < 1.29 is 1.43 Å². The Bertz CT molecular complexity index is 1190. The standard InChI is InChI=1S/C27H32N6.H2/c1-20-19-33(26-9-8-21(17-28)27-24(26)6-4-11-30-27)16-15-32(20)14-13-31(2)25-7-3-5-22-18-29-12-10-23(22)25;/h3-9,11,20,29H,10,12-16,18-19H2,1-2H3;1H/t20-;/m1./s1. The third-order valence-corrected chi connectivity index (χ3v) is 7.22. The van der Waals surface area contributed by atoms with E-state index in [0.717, 1.165) is 63.1 Å². The van der Waals surface area contributed by atoms with Crippen LogP contribution in [0.25, 0.3) is 10.9 Å². The Morgan fingerprint density at radius 3 is 2.97 bits per heavy atom. The van der Waals surface area contributed by atoms with Crippen LogP contribution in [0, 0.1) is 11.3 Å². The van der Waals surface area contributed by atoms with E-state index < -0.39 is 0 Å². The topological polar surface area (TPSA) is 58.4 Å². The monoisotopic (exact) mass is 442 g/mol. The van der Waals surface area contributed by atoms with Gasteiger partial charge in [0.1, 0.15) is 6.07 Å². The highest BCUT2D eigenvalue weighted by atomic mass is 15.3. The number of fused-ring (bicyclic) bond motifs is 2. The van der Waals surface area contributed by atoms with Crippen molar-refractivity contribution in [2.75, 3.05) is 56.1 Å². The van der Waals surface area contributed by atoms with Crippen LogP contribution in [-0.2, 0) is 13.0 Å². The van der Waals surface area contributed by atoms with Gasteiger partial charge in [0, 0.05) is 76.7 Å². The van der Waals surface area contributed by atoms with Gasteiger partial charge in [0.15, 0.2) is 0 Å². The van der Waals surface area contributed by atoms with Crippen molar-refractivity contribution in [3.8, 4) is 6.07 Å². The fraction of sp³-hybridized carbons (Fsp3) is 0.407. The first-order valence-electron chi connectivity index (χ1n) is 11.9. The molecule has 5 rings (SSSR count). The maximum Gasteiger partial charge on any atom is 0.101 e. The molecule has 2 aliphatic rings. The number of rotatable bonds is 5. The summed E-state index contributed by atoms with van der Waals surface area (Å²) in [5.74, 6) is 0. The number of benzene rings is 2. The van der Waals surface area contributed by atoms with E-state index in [2.05, 4.69) is 75.4 Å². The molecule has 1 fully saturated rings. The lowest BCUT2D eigenvalue weighted by Crippen LogP contribution is -2.53. The van der Waals surface area contributed by atoms with Gasteiger partial charge >= 0.3 is 0 Å². The van der Waals surface area contributed by atoms with Crippen molar-refractivity contribution in [3.63, 3.8) is 0 Å². The Labute approximate surface area is 197 Å². The molecule has 3 heterocycles. The minimum atomic E-state index is 0. The number of hydrogen-bond acceptors (Lipinski definition) is 6. The summed E-state index contributed by atoms with van der Waals surface area (Å²) in [6.45, 7) is 9.45. The quantitative estimate of drug-likeness (QED) is 0.651. The van der Waals surface area contributed by atoms with Gasteiger partial charge in [-0.2, -0.15) is 5.26 Å². The zero-order valence-corrected chi connectivity index (χ0v) is 19.6. The predicted octanol–water partition coefficient (Wildman–Crippen LogP) is 3.65.